The van der Waals surface area contributed by atoms with Crippen LogP contribution in [-0.4, -0.2) is 51.7 Å². The molecule has 8 heteroatoms. The molecule has 2 aromatic heterocycles. The van der Waals surface area contributed by atoms with Gasteiger partial charge in [0.1, 0.15) is 0 Å². The minimum Gasteiger partial charge on any atom is -0.341 e. The molecule has 1 aromatic carbocycles. The van der Waals surface area contributed by atoms with Crippen LogP contribution in [0.1, 0.15) is 44.2 Å². The Balaban J connectivity index is 1.47. The van der Waals surface area contributed by atoms with Gasteiger partial charge in [0.15, 0.2) is 5.84 Å². The smallest absolute Gasteiger partial charge is 0.317 e. The number of aromatic nitrogens is 3. The van der Waals surface area contributed by atoms with Crippen molar-refractivity contribution in [1.29, 1.82) is 5.41 Å². The van der Waals surface area contributed by atoms with Gasteiger partial charge in [-0.15, -0.1) is 0 Å². The van der Waals surface area contributed by atoms with Crippen molar-refractivity contribution in [3.8, 4) is 11.1 Å². The highest BCUT2D eigenvalue weighted by atomic mass is 79.9. The molecule has 5 rings (SSSR count). The Kier molecular flexibility index (Phi) is 6.25. The van der Waals surface area contributed by atoms with Crippen LogP contribution < -0.4 is 5.32 Å². The topological polar surface area (TPSA) is 86.9 Å². The van der Waals surface area contributed by atoms with Crippen LogP contribution >= 0.6 is 15.9 Å². The number of allylic oxidation sites excluding steroid dienone is 2. The van der Waals surface area contributed by atoms with Gasteiger partial charge >= 0.3 is 6.03 Å². The quantitative estimate of drug-likeness (QED) is 0.466. The van der Waals surface area contributed by atoms with Crippen LogP contribution in [0.3, 0.4) is 0 Å². The number of nitrogens with zero attached hydrogens (tertiary/aromatic N) is 4. The standard InChI is InChI=1S/C26H29BrN6O/c1-16-7-8-20(17-9-11-32(12-10-17)26(34)29-2)23(27)25(28)33-24(16)21(15-31-33)19-13-18-5-3-4-6-22(18)30-14-19/h3-6,13-17,28H,7-12H2,1-2H3,(H,29,34). The first-order chi connectivity index (χ1) is 16.5. The van der Waals surface area contributed by atoms with Gasteiger partial charge in [0.05, 0.1) is 21.9 Å². The molecule has 0 saturated carbocycles. The number of likely N-dealkylation sites (tertiary alicyclic amines) is 1. The number of rotatable bonds is 2. The second-order valence-corrected chi connectivity index (χ2v) is 10.0. The number of para-hydroxylation sites is 1. The van der Waals surface area contributed by atoms with E-state index in [9.17, 15) is 4.79 Å². The number of halogens is 1. The van der Waals surface area contributed by atoms with E-state index in [0.29, 0.717) is 11.8 Å². The van der Waals surface area contributed by atoms with E-state index >= 15 is 0 Å². The molecule has 1 saturated heterocycles. The predicted molar refractivity (Wildman–Crippen MR) is 138 cm³/mol. The van der Waals surface area contributed by atoms with Crippen LogP contribution in [0.2, 0.25) is 0 Å². The fourth-order valence-electron chi connectivity index (χ4n) is 5.29. The van der Waals surface area contributed by atoms with Crippen LogP contribution in [0.25, 0.3) is 22.0 Å². The lowest BCUT2D eigenvalue weighted by atomic mass is 9.83. The van der Waals surface area contributed by atoms with E-state index in [1.54, 1.807) is 11.7 Å². The first-order valence-electron chi connectivity index (χ1n) is 11.9. The number of carbonyl (C=O) groups is 1. The SMILES string of the molecule is CNC(=O)N1CCC(C2=C(Br)C(=N)n3ncc(-c4cnc5ccccc5c4)c3C(C)CC2)CC1. The van der Waals surface area contributed by atoms with Crippen LogP contribution in [0.15, 0.2) is 52.8 Å². The van der Waals surface area contributed by atoms with Crippen LogP contribution in [0.5, 0.6) is 0 Å². The number of benzene rings is 1. The molecule has 7 nitrogen and oxygen atoms in total. The number of hydrogen-bond donors (Lipinski definition) is 2. The van der Waals surface area contributed by atoms with Crippen molar-refractivity contribution < 1.29 is 4.79 Å². The highest BCUT2D eigenvalue weighted by Gasteiger charge is 2.31. The Hall–Kier alpha value is -3.00. The molecule has 2 N–H and O–H groups in total. The zero-order valence-corrected chi connectivity index (χ0v) is 21.1. The number of nitrogens with one attached hydrogen (secondary N) is 2. The second-order valence-electron chi connectivity index (χ2n) is 9.22. The number of fused-ring (bicyclic) bond motifs is 2. The molecule has 3 aromatic rings. The number of hydrogen-bond acceptors (Lipinski definition) is 4. The number of urea groups is 1. The summed E-state index contributed by atoms with van der Waals surface area (Å²) >= 11 is 3.77. The van der Waals surface area contributed by atoms with Gasteiger partial charge in [-0.2, -0.15) is 5.10 Å². The minimum atomic E-state index is -0.0116. The van der Waals surface area contributed by atoms with Crippen molar-refractivity contribution in [1.82, 2.24) is 25.0 Å². The number of pyridine rings is 1. The van der Waals surface area contributed by atoms with Crippen LogP contribution in [-0.2, 0) is 0 Å². The van der Waals surface area contributed by atoms with E-state index in [1.807, 2.05) is 35.5 Å². The second kappa shape index (κ2) is 9.33. The van der Waals surface area contributed by atoms with Crippen molar-refractivity contribution in [2.45, 2.75) is 38.5 Å². The monoisotopic (exact) mass is 520 g/mol. The molecule has 0 radical (unpaired) electrons. The number of amides is 2. The van der Waals surface area contributed by atoms with Gasteiger partial charge in [0.2, 0.25) is 0 Å². The molecule has 2 aliphatic rings. The summed E-state index contributed by atoms with van der Waals surface area (Å²) in [6.45, 7) is 3.70. The van der Waals surface area contributed by atoms with Crippen LogP contribution in [0.4, 0.5) is 4.79 Å². The lowest BCUT2D eigenvalue weighted by Gasteiger charge is -2.34. The van der Waals surface area contributed by atoms with E-state index in [1.165, 1.54) is 5.57 Å². The molecular weight excluding hydrogens is 492 g/mol. The molecule has 4 heterocycles. The number of piperidine rings is 1. The van der Waals surface area contributed by atoms with E-state index < -0.39 is 0 Å². The van der Waals surface area contributed by atoms with Crippen molar-refractivity contribution in [2.24, 2.45) is 5.92 Å². The first-order valence-corrected chi connectivity index (χ1v) is 12.6. The Morgan fingerprint density at radius 2 is 1.94 bits per heavy atom. The molecule has 1 fully saturated rings. The van der Waals surface area contributed by atoms with Gasteiger partial charge in [0, 0.05) is 42.8 Å². The van der Waals surface area contributed by atoms with E-state index in [0.717, 1.165) is 71.0 Å². The molecule has 2 amide bonds. The third kappa shape index (κ3) is 4.04. The van der Waals surface area contributed by atoms with Gasteiger partial charge in [-0.1, -0.05) is 25.1 Å². The summed E-state index contributed by atoms with van der Waals surface area (Å²) in [5.74, 6) is 0.986. The Morgan fingerprint density at radius 3 is 2.71 bits per heavy atom. The summed E-state index contributed by atoms with van der Waals surface area (Å²) in [4.78, 5) is 18.5. The minimum absolute atomic E-state index is 0.0116. The molecule has 0 spiro atoms. The lowest BCUT2D eigenvalue weighted by Crippen LogP contribution is -2.43. The van der Waals surface area contributed by atoms with Gasteiger partial charge in [-0.3, -0.25) is 10.4 Å². The van der Waals surface area contributed by atoms with Gasteiger partial charge in [-0.05, 0) is 71.2 Å². The Bertz CT molecular complexity index is 1290. The van der Waals surface area contributed by atoms with Gasteiger partial charge in [0.25, 0.3) is 0 Å². The van der Waals surface area contributed by atoms with Crippen molar-refractivity contribution >= 4 is 38.7 Å². The van der Waals surface area contributed by atoms with Crippen LogP contribution in [0, 0.1) is 11.3 Å². The van der Waals surface area contributed by atoms with Gasteiger partial charge < -0.3 is 10.2 Å². The zero-order valence-electron chi connectivity index (χ0n) is 19.5. The summed E-state index contributed by atoms with van der Waals surface area (Å²) in [5, 5.41) is 17.5. The summed E-state index contributed by atoms with van der Waals surface area (Å²) < 4.78 is 2.63. The zero-order chi connectivity index (χ0) is 23.8. The summed E-state index contributed by atoms with van der Waals surface area (Å²) in [5.41, 5.74) is 5.39. The highest BCUT2D eigenvalue weighted by molar-refractivity contribution is 9.12. The van der Waals surface area contributed by atoms with E-state index in [2.05, 4.69) is 50.4 Å². The van der Waals surface area contributed by atoms with Gasteiger partial charge in [-0.25, -0.2) is 9.48 Å². The highest BCUT2D eigenvalue weighted by Crippen LogP contribution is 2.40. The molecule has 0 bridgehead atoms. The Labute approximate surface area is 207 Å². The van der Waals surface area contributed by atoms with Crippen molar-refractivity contribution in [3.63, 3.8) is 0 Å². The van der Waals surface area contributed by atoms with E-state index in [4.69, 9.17) is 5.41 Å². The third-order valence-corrected chi connectivity index (χ3v) is 8.10. The summed E-state index contributed by atoms with van der Waals surface area (Å²) in [6, 6.07) is 10.3. The lowest BCUT2D eigenvalue weighted by molar-refractivity contribution is 0.177. The maximum atomic E-state index is 12.0. The maximum absolute atomic E-state index is 12.0. The molecule has 1 unspecified atom stereocenters. The molecular formula is C26H29BrN6O. The fourth-order valence-corrected chi connectivity index (χ4v) is 5.98. The normalized spacial score (nSPS) is 19.7. The first kappa shape index (κ1) is 22.8. The largest absolute Gasteiger partial charge is 0.341 e. The molecule has 1 atom stereocenters. The summed E-state index contributed by atoms with van der Waals surface area (Å²) in [6.07, 6.45) is 7.52. The molecule has 2 aliphatic heterocycles. The Morgan fingerprint density at radius 1 is 1.18 bits per heavy atom. The predicted octanol–water partition coefficient (Wildman–Crippen LogP) is 5.52. The third-order valence-electron chi connectivity index (χ3n) is 7.21. The average molecular weight is 521 g/mol. The molecule has 176 valence electrons. The summed E-state index contributed by atoms with van der Waals surface area (Å²) in [7, 11) is 1.68. The molecule has 34 heavy (non-hydrogen) atoms. The van der Waals surface area contributed by atoms with Crippen molar-refractivity contribution in [3.05, 3.63) is 58.5 Å². The van der Waals surface area contributed by atoms with E-state index in [-0.39, 0.29) is 11.9 Å². The van der Waals surface area contributed by atoms with Crippen molar-refractivity contribution in [2.75, 3.05) is 20.1 Å². The number of carbonyl (C=O) groups excluding carboxylic acids is 1. The average Bonchev–Trinajstić information content (AvgIpc) is 3.32. The fraction of sp³-hybridized carbons (Fsp3) is 0.385. The maximum Gasteiger partial charge on any atom is 0.317 e. The molecule has 0 aliphatic carbocycles.